The van der Waals surface area contributed by atoms with Crippen LogP contribution in [0.5, 0.6) is 5.75 Å². The van der Waals surface area contributed by atoms with Crippen molar-refractivity contribution in [2.24, 2.45) is 0 Å². The summed E-state index contributed by atoms with van der Waals surface area (Å²) >= 11 is 0. The summed E-state index contributed by atoms with van der Waals surface area (Å²) in [5, 5.41) is 0. The van der Waals surface area contributed by atoms with Gasteiger partial charge in [0, 0.05) is 19.2 Å². The van der Waals surface area contributed by atoms with Gasteiger partial charge in [0.25, 0.3) is 10.0 Å². The van der Waals surface area contributed by atoms with Crippen molar-refractivity contribution >= 4 is 21.4 Å². The number of hydrogen-bond acceptors (Lipinski definition) is 4. The zero-order chi connectivity index (χ0) is 19.6. The number of rotatable bonds is 5. The number of ether oxygens (including phenoxy) is 1. The van der Waals surface area contributed by atoms with Gasteiger partial charge in [0.15, 0.2) is 0 Å². The lowest BCUT2D eigenvalue weighted by Crippen LogP contribution is -2.30. The first kappa shape index (κ1) is 19.5. The molecule has 1 heterocycles. The second-order valence-corrected chi connectivity index (χ2v) is 8.55. The van der Waals surface area contributed by atoms with Gasteiger partial charge in [-0.15, -0.1) is 0 Å². The number of anilines is 2. The number of nitrogens with one attached hydrogen (secondary N) is 1. The predicted molar refractivity (Wildman–Crippen MR) is 106 cm³/mol. The average molecular weight is 392 g/mol. The number of hydrogen-bond donors (Lipinski definition) is 1. The summed E-state index contributed by atoms with van der Waals surface area (Å²) in [7, 11) is -2.32. The molecular formula is C20H25FN2O3S. The van der Waals surface area contributed by atoms with E-state index >= 15 is 0 Å². The molecule has 1 N–H and O–H groups in total. The highest BCUT2D eigenvalue weighted by Gasteiger charge is 2.22. The van der Waals surface area contributed by atoms with E-state index in [1.807, 2.05) is 0 Å². The van der Waals surface area contributed by atoms with Gasteiger partial charge < -0.3 is 9.64 Å². The molecule has 2 aromatic carbocycles. The van der Waals surface area contributed by atoms with Crippen LogP contribution in [0.1, 0.15) is 30.4 Å². The van der Waals surface area contributed by atoms with Gasteiger partial charge >= 0.3 is 0 Å². The maximum Gasteiger partial charge on any atom is 0.262 e. The minimum atomic E-state index is -3.87. The van der Waals surface area contributed by atoms with E-state index in [0.29, 0.717) is 17.0 Å². The standard InChI is InChI=1S/C20H25FN2O3S/c1-14-12-20(15(2)11-19(14)26-3)27(24,25)22-17-13-16(21)7-8-18(17)23-9-5-4-6-10-23/h7-8,11-13,22H,4-6,9-10H2,1-3H3. The van der Waals surface area contributed by atoms with Gasteiger partial charge in [0.1, 0.15) is 11.6 Å². The Balaban J connectivity index is 1.99. The molecule has 1 saturated heterocycles. The molecular weight excluding hydrogens is 367 g/mol. The highest BCUT2D eigenvalue weighted by Crippen LogP contribution is 2.33. The smallest absolute Gasteiger partial charge is 0.262 e. The molecule has 0 aromatic heterocycles. The summed E-state index contributed by atoms with van der Waals surface area (Å²) in [4.78, 5) is 2.27. The molecule has 5 nitrogen and oxygen atoms in total. The summed E-state index contributed by atoms with van der Waals surface area (Å²) in [6.07, 6.45) is 3.24. The lowest BCUT2D eigenvalue weighted by molar-refractivity contribution is 0.411. The number of halogens is 1. The summed E-state index contributed by atoms with van der Waals surface area (Å²) in [6.45, 7) is 5.17. The van der Waals surface area contributed by atoms with Crippen LogP contribution in [0.3, 0.4) is 0 Å². The molecule has 3 rings (SSSR count). The van der Waals surface area contributed by atoms with E-state index in [4.69, 9.17) is 4.74 Å². The van der Waals surface area contributed by atoms with Crippen molar-refractivity contribution in [1.29, 1.82) is 0 Å². The zero-order valence-electron chi connectivity index (χ0n) is 15.9. The van der Waals surface area contributed by atoms with Crippen LogP contribution in [0.25, 0.3) is 0 Å². The zero-order valence-corrected chi connectivity index (χ0v) is 16.7. The first-order valence-electron chi connectivity index (χ1n) is 9.04. The van der Waals surface area contributed by atoms with Crippen LogP contribution in [0.2, 0.25) is 0 Å². The van der Waals surface area contributed by atoms with E-state index < -0.39 is 15.8 Å². The lowest BCUT2D eigenvalue weighted by Gasteiger charge is -2.30. The molecule has 0 spiro atoms. The van der Waals surface area contributed by atoms with Gasteiger partial charge in [-0.2, -0.15) is 0 Å². The fourth-order valence-electron chi connectivity index (χ4n) is 3.47. The molecule has 2 aromatic rings. The Morgan fingerprint density at radius 1 is 1.04 bits per heavy atom. The molecule has 0 radical (unpaired) electrons. The Morgan fingerprint density at radius 3 is 2.41 bits per heavy atom. The number of nitrogens with zero attached hydrogens (tertiary/aromatic N) is 1. The van der Waals surface area contributed by atoms with Crippen molar-refractivity contribution in [3.05, 3.63) is 47.3 Å². The fraction of sp³-hybridized carbons (Fsp3) is 0.400. The van der Waals surface area contributed by atoms with Gasteiger partial charge in [0.2, 0.25) is 0 Å². The first-order valence-corrected chi connectivity index (χ1v) is 10.5. The van der Waals surface area contributed by atoms with Crippen LogP contribution < -0.4 is 14.4 Å². The molecule has 0 saturated carbocycles. The summed E-state index contributed by atoms with van der Waals surface area (Å²) < 4.78 is 47.8. The van der Waals surface area contributed by atoms with E-state index in [-0.39, 0.29) is 10.6 Å². The van der Waals surface area contributed by atoms with Crippen molar-refractivity contribution < 1.29 is 17.5 Å². The van der Waals surface area contributed by atoms with Crippen LogP contribution in [0.4, 0.5) is 15.8 Å². The highest BCUT2D eigenvalue weighted by molar-refractivity contribution is 7.92. The third kappa shape index (κ3) is 4.18. The van der Waals surface area contributed by atoms with Crippen LogP contribution >= 0.6 is 0 Å². The van der Waals surface area contributed by atoms with E-state index in [2.05, 4.69) is 9.62 Å². The number of piperidine rings is 1. The predicted octanol–water partition coefficient (Wildman–Crippen LogP) is 4.24. The van der Waals surface area contributed by atoms with Gasteiger partial charge in [-0.1, -0.05) is 0 Å². The average Bonchev–Trinajstić information content (AvgIpc) is 2.63. The number of sulfonamides is 1. The van der Waals surface area contributed by atoms with Crippen LogP contribution in [0.15, 0.2) is 35.2 Å². The molecule has 0 atom stereocenters. The Kier molecular flexibility index (Phi) is 5.60. The van der Waals surface area contributed by atoms with Crippen molar-refractivity contribution in [1.82, 2.24) is 0 Å². The molecule has 7 heteroatoms. The van der Waals surface area contributed by atoms with Gasteiger partial charge in [0.05, 0.1) is 23.4 Å². The summed E-state index contributed by atoms with van der Waals surface area (Å²) in [5.74, 6) is 0.155. The largest absolute Gasteiger partial charge is 0.496 e. The molecule has 146 valence electrons. The Morgan fingerprint density at radius 2 is 1.74 bits per heavy atom. The van der Waals surface area contributed by atoms with E-state index in [1.165, 1.54) is 12.1 Å². The van der Waals surface area contributed by atoms with E-state index in [9.17, 15) is 12.8 Å². The van der Waals surface area contributed by atoms with Crippen molar-refractivity contribution in [3.8, 4) is 5.75 Å². The minimum Gasteiger partial charge on any atom is -0.496 e. The third-order valence-electron chi connectivity index (χ3n) is 4.88. The van der Waals surface area contributed by atoms with Gasteiger partial charge in [-0.05, 0) is 68.5 Å². The molecule has 1 aliphatic heterocycles. The third-order valence-corrected chi connectivity index (χ3v) is 6.39. The second-order valence-electron chi connectivity index (χ2n) is 6.90. The minimum absolute atomic E-state index is 0.162. The molecule has 0 aliphatic carbocycles. The highest BCUT2D eigenvalue weighted by atomic mass is 32.2. The van der Waals surface area contributed by atoms with Crippen LogP contribution in [-0.4, -0.2) is 28.6 Å². The van der Waals surface area contributed by atoms with Crippen molar-refractivity contribution in [2.45, 2.75) is 38.0 Å². The Bertz CT molecular complexity index is 938. The molecule has 0 amide bonds. The normalized spacial score (nSPS) is 14.9. The van der Waals surface area contributed by atoms with Gasteiger partial charge in [-0.3, -0.25) is 4.72 Å². The van der Waals surface area contributed by atoms with Crippen LogP contribution in [-0.2, 0) is 10.0 Å². The topological polar surface area (TPSA) is 58.6 Å². The summed E-state index contributed by atoms with van der Waals surface area (Å²) in [6, 6.07) is 7.53. The SMILES string of the molecule is COc1cc(C)c(S(=O)(=O)Nc2cc(F)ccc2N2CCCCC2)cc1C. The maximum absolute atomic E-state index is 13.9. The Labute approximate surface area is 160 Å². The number of benzene rings is 2. The maximum atomic E-state index is 13.9. The molecule has 0 unspecified atom stereocenters. The quantitative estimate of drug-likeness (QED) is 0.827. The fourth-order valence-corrected chi connectivity index (χ4v) is 4.85. The van der Waals surface area contributed by atoms with Crippen LogP contribution in [0, 0.1) is 19.7 Å². The van der Waals surface area contributed by atoms with E-state index in [0.717, 1.165) is 37.9 Å². The lowest BCUT2D eigenvalue weighted by atomic mass is 10.1. The van der Waals surface area contributed by atoms with E-state index in [1.54, 1.807) is 39.2 Å². The van der Waals surface area contributed by atoms with Crippen molar-refractivity contribution in [2.75, 3.05) is 29.8 Å². The second kappa shape index (κ2) is 7.76. The monoisotopic (exact) mass is 392 g/mol. The summed E-state index contributed by atoms with van der Waals surface area (Å²) in [5.41, 5.74) is 2.27. The van der Waals surface area contributed by atoms with Gasteiger partial charge in [-0.25, -0.2) is 12.8 Å². The molecule has 0 bridgehead atoms. The number of aryl methyl sites for hydroxylation is 2. The Hall–Kier alpha value is -2.28. The number of methoxy groups -OCH3 is 1. The first-order chi connectivity index (χ1) is 12.8. The molecule has 1 aliphatic rings. The molecule has 1 fully saturated rings. The van der Waals surface area contributed by atoms with Crippen molar-refractivity contribution in [3.63, 3.8) is 0 Å². The molecule has 27 heavy (non-hydrogen) atoms.